The van der Waals surface area contributed by atoms with Crippen molar-refractivity contribution in [1.82, 2.24) is 5.32 Å². The zero-order valence-corrected chi connectivity index (χ0v) is 11.0. The van der Waals surface area contributed by atoms with E-state index in [9.17, 15) is 10.2 Å². The minimum absolute atomic E-state index is 0.0394. The number of nitrogens with one attached hydrogen (secondary N) is 1. The molecule has 1 aliphatic rings. The monoisotopic (exact) mass is 249 g/mol. The molecular formula is C15H23NO2. The van der Waals surface area contributed by atoms with Crippen LogP contribution in [-0.4, -0.2) is 29.0 Å². The SMILES string of the molecule is CCC(CO)(CO)NCc1cccc(C2CC2)c1. The first kappa shape index (κ1) is 13.5. The van der Waals surface area contributed by atoms with Gasteiger partial charge in [-0.2, -0.15) is 0 Å². The van der Waals surface area contributed by atoms with E-state index >= 15 is 0 Å². The summed E-state index contributed by atoms with van der Waals surface area (Å²) in [6, 6.07) is 8.61. The van der Waals surface area contributed by atoms with E-state index in [4.69, 9.17) is 0 Å². The molecule has 1 aromatic carbocycles. The van der Waals surface area contributed by atoms with Crippen molar-refractivity contribution in [2.75, 3.05) is 13.2 Å². The Morgan fingerprint density at radius 3 is 2.56 bits per heavy atom. The summed E-state index contributed by atoms with van der Waals surface area (Å²) in [5.74, 6) is 0.761. The van der Waals surface area contributed by atoms with E-state index in [1.54, 1.807) is 0 Å². The van der Waals surface area contributed by atoms with Crippen LogP contribution in [0.4, 0.5) is 0 Å². The summed E-state index contributed by atoms with van der Waals surface area (Å²) >= 11 is 0. The molecular weight excluding hydrogens is 226 g/mol. The Morgan fingerprint density at radius 1 is 1.28 bits per heavy atom. The van der Waals surface area contributed by atoms with Gasteiger partial charge in [0.25, 0.3) is 0 Å². The number of hydrogen-bond acceptors (Lipinski definition) is 3. The van der Waals surface area contributed by atoms with Crippen molar-refractivity contribution in [3.63, 3.8) is 0 Å². The van der Waals surface area contributed by atoms with E-state index in [0.717, 1.165) is 5.92 Å². The van der Waals surface area contributed by atoms with Crippen LogP contribution in [0.1, 0.15) is 43.2 Å². The van der Waals surface area contributed by atoms with Gasteiger partial charge in [-0.25, -0.2) is 0 Å². The van der Waals surface area contributed by atoms with Crippen molar-refractivity contribution < 1.29 is 10.2 Å². The lowest BCUT2D eigenvalue weighted by molar-refractivity contribution is 0.0864. The maximum Gasteiger partial charge on any atom is 0.0648 e. The van der Waals surface area contributed by atoms with Gasteiger partial charge in [-0.1, -0.05) is 31.2 Å². The van der Waals surface area contributed by atoms with Crippen molar-refractivity contribution in [1.29, 1.82) is 0 Å². The maximum atomic E-state index is 9.38. The van der Waals surface area contributed by atoms with Gasteiger partial charge in [0, 0.05) is 6.54 Å². The quantitative estimate of drug-likeness (QED) is 0.690. The fourth-order valence-electron chi connectivity index (χ4n) is 2.17. The third-order valence-corrected chi connectivity index (χ3v) is 3.95. The van der Waals surface area contributed by atoms with Crippen molar-refractivity contribution in [3.8, 4) is 0 Å². The van der Waals surface area contributed by atoms with Crippen LogP contribution >= 0.6 is 0 Å². The molecule has 1 aromatic rings. The highest BCUT2D eigenvalue weighted by atomic mass is 16.3. The Kier molecular flexibility index (Phi) is 4.38. The topological polar surface area (TPSA) is 52.5 Å². The van der Waals surface area contributed by atoms with E-state index in [-0.39, 0.29) is 13.2 Å². The molecule has 1 fully saturated rings. The molecule has 3 heteroatoms. The van der Waals surface area contributed by atoms with Gasteiger partial charge in [-0.3, -0.25) is 0 Å². The highest BCUT2D eigenvalue weighted by molar-refractivity contribution is 5.29. The summed E-state index contributed by atoms with van der Waals surface area (Å²) < 4.78 is 0. The molecule has 0 spiro atoms. The number of aliphatic hydroxyl groups is 2. The lowest BCUT2D eigenvalue weighted by Crippen LogP contribution is -2.50. The molecule has 2 rings (SSSR count). The Bertz CT molecular complexity index is 376. The average Bonchev–Trinajstić information content (AvgIpc) is 3.26. The van der Waals surface area contributed by atoms with Gasteiger partial charge in [-0.05, 0) is 36.3 Å². The fraction of sp³-hybridized carbons (Fsp3) is 0.600. The van der Waals surface area contributed by atoms with Crippen molar-refractivity contribution in [3.05, 3.63) is 35.4 Å². The van der Waals surface area contributed by atoms with Gasteiger partial charge >= 0.3 is 0 Å². The summed E-state index contributed by atoms with van der Waals surface area (Å²) in [5.41, 5.74) is 2.08. The van der Waals surface area contributed by atoms with Crippen molar-refractivity contribution in [2.45, 2.75) is 44.2 Å². The normalized spacial score (nSPS) is 15.9. The van der Waals surface area contributed by atoms with Crippen LogP contribution in [0.3, 0.4) is 0 Å². The highest BCUT2D eigenvalue weighted by Crippen LogP contribution is 2.40. The lowest BCUT2D eigenvalue weighted by Gasteiger charge is -2.30. The lowest BCUT2D eigenvalue weighted by atomic mass is 9.97. The summed E-state index contributed by atoms with van der Waals surface area (Å²) in [6.45, 7) is 2.58. The second-order valence-electron chi connectivity index (χ2n) is 5.32. The van der Waals surface area contributed by atoms with Crippen LogP contribution < -0.4 is 5.32 Å². The van der Waals surface area contributed by atoms with Crippen LogP contribution in [0.15, 0.2) is 24.3 Å². The van der Waals surface area contributed by atoms with Gasteiger partial charge in [-0.15, -0.1) is 0 Å². The summed E-state index contributed by atoms with van der Waals surface area (Å²) in [7, 11) is 0. The molecule has 0 atom stereocenters. The molecule has 0 aliphatic heterocycles. The predicted molar refractivity (Wildman–Crippen MR) is 72.5 cm³/mol. The first-order chi connectivity index (χ1) is 8.73. The predicted octanol–water partition coefficient (Wildman–Crippen LogP) is 1.79. The number of rotatable bonds is 7. The van der Waals surface area contributed by atoms with E-state index in [0.29, 0.717) is 13.0 Å². The van der Waals surface area contributed by atoms with Crippen LogP contribution in [-0.2, 0) is 6.54 Å². The number of aliphatic hydroxyl groups excluding tert-OH is 2. The molecule has 0 aromatic heterocycles. The molecule has 0 bridgehead atoms. The highest BCUT2D eigenvalue weighted by Gasteiger charge is 2.26. The summed E-state index contributed by atoms with van der Waals surface area (Å²) in [6.07, 6.45) is 3.33. The zero-order chi connectivity index (χ0) is 13.0. The van der Waals surface area contributed by atoms with Gasteiger partial charge < -0.3 is 15.5 Å². The van der Waals surface area contributed by atoms with Crippen LogP contribution in [0.2, 0.25) is 0 Å². The number of hydrogen-bond donors (Lipinski definition) is 3. The number of benzene rings is 1. The molecule has 0 unspecified atom stereocenters. The van der Waals surface area contributed by atoms with E-state index in [2.05, 4.69) is 29.6 Å². The first-order valence-corrected chi connectivity index (χ1v) is 6.78. The molecule has 100 valence electrons. The third kappa shape index (κ3) is 3.10. The largest absolute Gasteiger partial charge is 0.394 e. The van der Waals surface area contributed by atoms with Gasteiger partial charge in [0.2, 0.25) is 0 Å². The molecule has 0 saturated heterocycles. The summed E-state index contributed by atoms with van der Waals surface area (Å²) in [5, 5.41) is 22.1. The molecule has 0 amide bonds. The molecule has 0 radical (unpaired) electrons. The van der Waals surface area contributed by atoms with Gasteiger partial charge in [0.15, 0.2) is 0 Å². The van der Waals surface area contributed by atoms with Crippen LogP contribution in [0.5, 0.6) is 0 Å². The smallest absolute Gasteiger partial charge is 0.0648 e. The third-order valence-electron chi connectivity index (χ3n) is 3.95. The van der Waals surface area contributed by atoms with E-state index < -0.39 is 5.54 Å². The van der Waals surface area contributed by atoms with Crippen LogP contribution in [0, 0.1) is 0 Å². The Hall–Kier alpha value is -0.900. The first-order valence-electron chi connectivity index (χ1n) is 6.78. The minimum atomic E-state index is -0.560. The Balaban J connectivity index is 1.98. The molecule has 1 saturated carbocycles. The zero-order valence-electron chi connectivity index (χ0n) is 11.0. The second-order valence-corrected chi connectivity index (χ2v) is 5.32. The minimum Gasteiger partial charge on any atom is -0.394 e. The standard InChI is InChI=1S/C15H23NO2/c1-2-15(10-17,11-18)16-9-12-4-3-5-14(8-12)13-6-7-13/h3-5,8,13,16-18H,2,6-7,9-11H2,1H3. The Labute approximate surface area is 109 Å². The maximum absolute atomic E-state index is 9.38. The second kappa shape index (κ2) is 5.83. The molecule has 3 N–H and O–H groups in total. The molecule has 18 heavy (non-hydrogen) atoms. The summed E-state index contributed by atoms with van der Waals surface area (Å²) in [4.78, 5) is 0. The fourth-order valence-corrected chi connectivity index (χ4v) is 2.17. The Morgan fingerprint density at radius 2 is 2.00 bits per heavy atom. The van der Waals surface area contributed by atoms with Crippen molar-refractivity contribution >= 4 is 0 Å². The molecule has 1 aliphatic carbocycles. The van der Waals surface area contributed by atoms with Crippen molar-refractivity contribution in [2.24, 2.45) is 0 Å². The van der Waals surface area contributed by atoms with Gasteiger partial charge in [0.1, 0.15) is 0 Å². The molecule has 0 heterocycles. The molecule has 3 nitrogen and oxygen atoms in total. The van der Waals surface area contributed by atoms with E-state index in [1.807, 2.05) is 6.92 Å². The van der Waals surface area contributed by atoms with E-state index in [1.165, 1.54) is 24.0 Å². The van der Waals surface area contributed by atoms with Gasteiger partial charge in [0.05, 0.1) is 18.8 Å². The average molecular weight is 249 g/mol. The van der Waals surface area contributed by atoms with Crippen LogP contribution in [0.25, 0.3) is 0 Å².